The van der Waals surface area contributed by atoms with Crippen molar-refractivity contribution in [2.24, 2.45) is 0 Å². The summed E-state index contributed by atoms with van der Waals surface area (Å²) in [6.45, 7) is -0.100. The first kappa shape index (κ1) is 20.0. The van der Waals surface area contributed by atoms with Crippen LogP contribution >= 0.6 is 11.8 Å². The quantitative estimate of drug-likeness (QED) is 0.305. The lowest BCUT2D eigenvalue weighted by Gasteiger charge is -2.09. The predicted octanol–water partition coefficient (Wildman–Crippen LogP) is 5.01. The third kappa shape index (κ3) is 5.17. The highest BCUT2D eigenvalue weighted by Gasteiger charge is 2.15. The minimum absolute atomic E-state index is 0.0148. The van der Waals surface area contributed by atoms with Crippen molar-refractivity contribution in [1.29, 1.82) is 0 Å². The van der Waals surface area contributed by atoms with Crippen LogP contribution in [0.4, 0.5) is 11.4 Å². The monoisotopic (exact) mass is 410 g/mol. The SMILES string of the molecule is O=C(OCc1cccc([N+](=O)[O-])c1)c1ccccc1Sc1ccc([N+](=O)[O-])cc1. The van der Waals surface area contributed by atoms with Crippen molar-refractivity contribution in [2.75, 3.05) is 0 Å². The molecule has 0 fully saturated rings. The number of hydrogen-bond acceptors (Lipinski definition) is 7. The van der Waals surface area contributed by atoms with E-state index in [4.69, 9.17) is 4.74 Å². The van der Waals surface area contributed by atoms with Crippen LogP contribution in [0.15, 0.2) is 82.6 Å². The largest absolute Gasteiger partial charge is 0.457 e. The lowest BCUT2D eigenvalue weighted by Crippen LogP contribution is -2.06. The van der Waals surface area contributed by atoms with Gasteiger partial charge < -0.3 is 4.74 Å². The molecule has 9 heteroatoms. The van der Waals surface area contributed by atoms with Gasteiger partial charge in [0.25, 0.3) is 11.4 Å². The third-order valence-electron chi connectivity index (χ3n) is 3.87. The van der Waals surface area contributed by atoms with Crippen molar-refractivity contribution in [3.8, 4) is 0 Å². The van der Waals surface area contributed by atoms with Crippen LogP contribution in [0.1, 0.15) is 15.9 Å². The van der Waals surface area contributed by atoms with Gasteiger partial charge in [0.1, 0.15) is 6.61 Å². The molecule has 3 aromatic rings. The second-order valence-corrected chi connectivity index (χ2v) is 6.97. The summed E-state index contributed by atoms with van der Waals surface area (Å²) in [5.74, 6) is -0.568. The van der Waals surface area contributed by atoms with E-state index in [0.717, 1.165) is 4.90 Å². The first-order valence-corrected chi connectivity index (χ1v) is 9.17. The van der Waals surface area contributed by atoms with E-state index in [2.05, 4.69) is 0 Å². The van der Waals surface area contributed by atoms with E-state index in [-0.39, 0.29) is 18.0 Å². The van der Waals surface area contributed by atoms with Crippen LogP contribution in [0.3, 0.4) is 0 Å². The Labute approximate surface area is 169 Å². The minimum atomic E-state index is -0.568. The van der Waals surface area contributed by atoms with E-state index >= 15 is 0 Å². The van der Waals surface area contributed by atoms with E-state index in [1.807, 2.05) is 0 Å². The van der Waals surface area contributed by atoms with Crippen molar-refractivity contribution in [1.82, 2.24) is 0 Å². The summed E-state index contributed by atoms with van der Waals surface area (Å²) < 4.78 is 5.31. The molecule has 0 amide bonds. The zero-order valence-electron chi connectivity index (χ0n) is 14.9. The highest BCUT2D eigenvalue weighted by Crippen LogP contribution is 2.32. The molecule has 0 heterocycles. The molecular formula is C20H14N2O6S. The molecule has 0 aliphatic carbocycles. The number of esters is 1. The maximum Gasteiger partial charge on any atom is 0.339 e. The fourth-order valence-electron chi connectivity index (χ4n) is 2.47. The molecule has 0 saturated heterocycles. The molecule has 0 radical (unpaired) electrons. The average molecular weight is 410 g/mol. The number of benzene rings is 3. The molecule has 0 unspecified atom stereocenters. The molecule has 29 heavy (non-hydrogen) atoms. The summed E-state index contributed by atoms with van der Waals surface area (Å²) in [5, 5.41) is 21.6. The van der Waals surface area contributed by atoms with Crippen LogP contribution in [0.25, 0.3) is 0 Å². The lowest BCUT2D eigenvalue weighted by molar-refractivity contribution is -0.385. The number of nitro groups is 2. The highest BCUT2D eigenvalue weighted by molar-refractivity contribution is 7.99. The molecule has 0 aliphatic rings. The van der Waals surface area contributed by atoms with Gasteiger partial charge in [-0.2, -0.15) is 0 Å². The van der Waals surface area contributed by atoms with Gasteiger partial charge in [0.15, 0.2) is 0 Å². The Morgan fingerprint density at radius 2 is 1.55 bits per heavy atom. The number of rotatable bonds is 7. The molecule has 0 spiro atoms. The molecule has 3 rings (SSSR count). The Balaban J connectivity index is 1.72. The first-order chi connectivity index (χ1) is 13.9. The van der Waals surface area contributed by atoms with Crippen molar-refractivity contribution in [3.63, 3.8) is 0 Å². The molecule has 0 saturated carbocycles. The minimum Gasteiger partial charge on any atom is -0.457 e. The number of ether oxygens (including phenoxy) is 1. The molecular weight excluding hydrogens is 396 g/mol. The Kier molecular flexibility index (Phi) is 6.20. The van der Waals surface area contributed by atoms with Crippen molar-refractivity contribution in [3.05, 3.63) is 104 Å². The first-order valence-electron chi connectivity index (χ1n) is 8.36. The summed E-state index contributed by atoms with van der Waals surface area (Å²) in [5.41, 5.74) is 0.751. The smallest absolute Gasteiger partial charge is 0.339 e. The molecule has 0 bridgehead atoms. The number of carbonyl (C=O) groups excluding carboxylic acids is 1. The van der Waals surface area contributed by atoms with Crippen molar-refractivity contribution in [2.45, 2.75) is 16.4 Å². The maximum absolute atomic E-state index is 12.5. The van der Waals surface area contributed by atoms with E-state index in [1.165, 1.54) is 42.1 Å². The van der Waals surface area contributed by atoms with Crippen LogP contribution in [0, 0.1) is 20.2 Å². The zero-order valence-corrected chi connectivity index (χ0v) is 15.7. The Bertz CT molecular complexity index is 1070. The van der Waals surface area contributed by atoms with Gasteiger partial charge in [-0.1, -0.05) is 36.0 Å². The summed E-state index contributed by atoms with van der Waals surface area (Å²) in [6.07, 6.45) is 0. The molecule has 0 atom stereocenters. The van der Waals surface area contributed by atoms with Gasteiger partial charge in [-0.15, -0.1) is 0 Å². The standard InChI is InChI=1S/C20H14N2O6S/c23-20(28-13-14-4-3-5-16(12-14)22(26)27)18-6-1-2-7-19(18)29-17-10-8-15(9-11-17)21(24)25/h1-12H,13H2. The number of hydrogen-bond donors (Lipinski definition) is 0. The van der Waals surface area contributed by atoms with E-state index < -0.39 is 15.8 Å². The number of nitrogens with zero attached hydrogens (tertiary/aromatic N) is 2. The molecule has 0 aromatic heterocycles. The fraction of sp³-hybridized carbons (Fsp3) is 0.0500. The third-order valence-corrected chi connectivity index (χ3v) is 4.96. The van der Waals surface area contributed by atoms with E-state index in [0.29, 0.717) is 16.0 Å². The maximum atomic E-state index is 12.5. The van der Waals surface area contributed by atoms with Gasteiger partial charge in [0.05, 0.1) is 15.4 Å². The predicted molar refractivity (Wildman–Crippen MR) is 106 cm³/mol. The van der Waals surface area contributed by atoms with Gasteiger partial charge >= 0.3 is 5.97 Å². The van der Waals surface area contributed by atoms with Gasteiger partial charge in [-0.25, -0.2) is 4.79 Å². The number of nitro benzene ring substituents is 2. The van der Waals surface area contributed by atoms with Gasteiger partial charge in [-0.05, 0) is 29.8 Å². The molecule has 0 aliphatic heterocycles. The summed E-state index contributed by atoms with van der Waals surface area (Å²) >= 11 is 1.28. The van der Waals surface area contributed by atoms with Crippen molar-refractivity contribution >= 4 is 29.1 Å². The van der Waals surface area contributed by atoms with E-state index in [1.54, 1.807) is 42.5 Å². The van der Waals surface area contributed by atoms with Crippen LogP contribution in [-0.4, -0.2) is 15.8 Å². The van der Waals surface area contributed by atoms with Crippen LogP contribution in [0.5, 0.6) is 0 Å². The fourth-order valence-corrected chi connectivity index (χ4v) is 3.41. The average Bonchev–Trinajstić information content (AvgIpc) is 2.73. The molecule has 0 N–H and O–H groups in total. The second kappa shape index (κ2) is 8.98. The molecule has 8 nitrogen and oxygen atoms in total. The summed E-state index contributed by atoms with van der Waals surface area (Å²) in [6, 6.07) is 18.7. The Morgan fingerprint density at radius 1 is 0.862 bits per heavy atom. The zero-order chi connectivity index (χ0) is 20.8. The highest BCUT2D eigenvalue weighted by atomic mass is 32.2. The van der Waals surface area contributed by atoms with Crippen molar-refractivity contribution < 1.29 is 19.4 Å². The molecule has 146 valence electrons. The Morgan fingerprint density at radius 3 is 2.24 bits per heavy atom. The number of carbonyl (C=O) groups is 1. The lowest BCUT2D eigenvalue weighted by atomic mass is 10.2. The van der Waals surface area contributed by atoms with Gasteiger partial charge in [0.2, 0.25) is 0 Å². The van der Waals surface area contributed by atoms with E-state index in [9.17, 15) is 25.0 Å². The summed E-state index contributed by atoms with van der Waals surface area (Å²) in [7, 11) is 0. The van der Waals surface area contributed by atoms with Crippen LogP contribution in [-0.2, 0) is 11.3 Å². The molecule has 3 aromatic carbocycles. The van der Waals surface area contributed by atoms with Gasteiger partial charge in [-0.3, -0.25) is 20.2 Å². The second-order valence-electron chi connectivity index (χ2n) is 5.85. The number of non-ortho nitro benzene ring substituents is 2. The van der Waals surface area contributed by atoms with Gasteiger partial charge in [0, 0.05) is 34.1 Å². The normalized spacial score (nSPS) is 10.3. The summed E-state index contributed by atoms with van der Waals surface area (Å²) in [4.78, 5) is 34.5. The topological polar surface area (TPSA) is 113 Å². The van der Waals surface area contributed by atoms with Crippen LogP contribution in [0.2, 0.25) is 0 Å². The van der Waals surface area contributed by atoms with Crippen LogP contribution < -0.4 is 0 Å². The Hall–Kier alpha value is -3.72.